The molecule has 1 unspecified atom stereocenters. The van der Waals surface area contributed by atoms with Crippen LogP contribution < -0.4 is 0 Å². The minimum absolute atomic E-state index is 0.0463. The van der Waals surface area contributed by atoms with Crippen LogP contribution in [0.15, 0.2) is 47.0 Å². The highest BCUT2D eigenvalue weighted by molar-refractivity contribution is 5.79. The van der Waals surface area contributed by atoms with E-state index < -0.39 is 0 Å². The standard InChI is InChI=1S/C22H23N3O2/c1-14-4-7-17(8-5-14)12-25-13-18(11-20(25)26)22-23-21(24-27-22)19-9-6-15(2)10-16(19)3/h4-10,18H,11-13H2,1-3H3. The van der Waals surface area contributed by atoms with Gasteiger partial charge in [0.05, 0.1) is 5.92 Å². The molecule has 1 aliphatic rings. The summed E-state index contributed by atoms with van der Waals surface area (Å²) in [6.07, 6.45) is 0.417. The summed E-state index contributed by atoms with van der Waals surface area (Å²) < 4.78 is 5.51. The van der Waals surface area contributed by atoms with Crippen molar-refractivity contribution in [2.24, 2.45) is 0 Å². The van der Waals surface area contributed by atoms with Crippen LogP contribution in [0.2, 0.25) is 0 Å². The topological polar surface area (TPSA) is 59.2 Å². The molecule has 1 atom stereocenters. The van der Waals surface area contributed by atoms with Gasteiger partial charge in [0, 0.05) is 25.1 Å². The lowest BCUT2D eigenvalue weighted by Gasteiger charge is -2.16. The van der Waals surface area contributed by atoms with Gasteiger partial charge in [-0.05, 0) is 31.9 Å². The fourth-order valence-electron chi connectivity index (χ4n) is 3.58. The van der Waals surface area contributed by atoms with Gasteiger partial charge in [0.2, 0.25) is 17.6 Å². The first-order valence-electron chi connectivity index (χ1n) is 9.24. The third kappa shape index (κ3) is 3.63. The summed E-state index contributed by atoms with van der Waals surface area (Å²) in [5.41, 5.74) is 5.64. The molecule has 0 saturated carbocycles. The molecule has 1 aromatic heterocycles. The van der Waals surface area contributed by atoms with Crippen LogP contribution in [0.25, 0.3) is 11.4 Å². The van der Waals surface area contributed by atoms with Crippen LogP contribution in [0.1, 0.15) is 40.5 Å². The van der Waals surface area contributed by atoms with E-state index in [9.17, 15) is 4.79 Å². The normalized spacial score (nSPS) is 16.9. The number of hydrogen-bond acceptors (Lipinski definition) is 4. The lowest BCUT2D eigenvalue weighted by atomic mass is 10.1. The quantitative estimate of drug-likeness (QED) is 0.699. The van der Waals surface area contributed by atoms with Gasteiger partial charge in [-0.2, -0.15) is 4.98 Å². The lowest BCUT2D eigenvalue weighted by Crippen LogP contribution is -2.24. The maximum atomic E-state index is 12.4. The molecule has 1 fully saturated rings. The zero-order valence-corrected chi connectivity index (χ0v) is 15.9. The van der Waals surface area contributed by atoms with Crippen LogP contribution in [0.5, 0.6) is 0 Å². The Balaban J connectivity index is 1.49. The van der Waals surface area contributed by atoms with Crippen LogP contribution in [-0.4, -0.2) is 27.5 Å². The number of amides is 1. The van der Waals surface area contributed by atoms with Crippen LogP contribution >= 0.6 is 0 Å². The predicted octanol–water partition coefficient (Wildman–Crippen LogP) is 4.18. The lowest BCUT2D eigenvalue weighted by molar-refractivity contribution is -0.128. The number of likely N-dealkylation sites (tertiary alicyclic amines) is 1. The van der Waals surface area contributed by atoms with Crippen molar-refractivity contribution in [1.29, 1.82) is 0 Å². The van der Waals surface area contributed by atoms with Crippen molar-refractivity contribution < 1.29 is 9.32 Å². The summed E-state index contributed by atoms with van der Waals surface area (Å²) >= 11 is 0. The van der Waals surface area contributed by atoms with Gasteiger partial charge in [0.15, 0.2) is 0 Å². The van der Waals surface area contributed by atoms with Crippen molar-refractivity contribution in [2.75, 3.05) is 6.54 Å². The van der Waals surface area contributed by atoms with E-state index in [1.807, 2.05) is 24.0 Å². The van der Waals surface area contributed by atoms with Crippen molar-refractivity contribution in [3.63, 3.8) is 0 Å². The van der Waals surface area contributed by atoms with E-state index in [0.29, 0.717) is 31.2 Å². The molecule has 138 valence electrons. The highest BCUT2D eigenvalue weighted by atomic mass is 16.5. The van der Waals surface area contributed by atoms with Crippen LogP contribution in [0.4, 0.5) is 0 Å². The van der Waals surface area contributed by atoms with Gasteiger partial charge < -0.3 is 9.42 Å². The zero-order valence-electron chi connectivity index (χ0n) is 15.9. The third-order valence-electron chi connectivity index (χ3n) is 5.12. The second-order valence-electron chi connectivity index (χ2n) is 7.44. The van der Waals surface area contributed by atoms with Gasteiger partial charge in [-0.3, -0.25) is 4.79 Å². The number of rotatable bonds is 4. The molecule has 0 aliphatic carbocycles. The molecule has 1 saturated heterocycles. The largest absolute Gasteiger partial charge is 0.339 e. The number of benzene rings is 2. The summed E-state index contributed by atoms with van der Waals surface area (Å²) in [5, 5.41) is 4.15. The molecule has 0 radical (unpaired) electrons. The summed E-state index contributed by atoms with van der Waals surface area (Å²) in [6.45, 7) is 7.39. The van der Waals surface area contributed by atoms with Crippen molar-refractivity contribution in [2.45, 2.75) is 39.7 Å². The molecule has 2 aromatic carbocycles. The number of aromatic nitrogens is 2. The highest BCUT2D eigenvalue weighted by Gasteiger charge is 2.34. The van der Waals surface area contributed by atoms with Crippen molar-refractivity contribution in [3.8, 4) is 11.4 Å². The van der Waals surface area contributed by atoms with Gasteiger partial charge in [0.25, 0.3) is 0 Å². The average Bonchev–Trinajstić information content (AvgIpc) is 3.24. The van der Waals surface area contributed by atoms with E-state index in [4.69, 9.17) is 4.52 Å². The molecule has 2 heterocycles. The zero-order chi connectivity index (χ0) is 19.0. The Hall–Kier alpha value is -2.95. The van der Waals surface area contributed by atoms with Gasteiger partial charge in [0.1, 0.15) is 0 Å². The number of carbonyl (C=O) groups excluding carboxylic acids is 1. The number of carbonyl (C=O) groups is 1. The Morgan fingerprint density at radius 1 is 1.07 bits per heavy atom. The summed E-state index contributed by atoms with van der Waals surface area (Å²) in [6, 6.07) is 14.4. The van der Waals surface area contributed by atoms with Crippen LogP contribution in [0, 0.1) is 20.8 Å². The molecule has 0 spiro atoms. The molecule has 4 rings (SSSR count). The van der Waals surface area contributed by atoms with Gasteiger partial charge >= 0.3 is 0 Å². The monoisotopic (exact) mass is 361 g/mol. The summed E-state index contributed by atoms with van der Waals surface area (Å²) in [4.78, 5) is 18.9. The SMILES string of the molecule is Cc1ccc(CN2CC(c3nc(-c4ccc(C)cc4C)no3)CC2=O)cc1. The van der Waals surface area contributed by atoms with E-state index in [0.717, 1.165) is 16.7 Å². The molecule has 3 aromatic rings. The van der Waals surface area contributed by atoms with E-state index >= 15 is 0 Å². The van der Waals surface area contributed by atoms with Gasteiger partial charge in [-0.25, -0.2) is 0 Å². The fourth-order valence-corrected chi connectivity index (χ4v) is 3.58. The predicted molar refractivity (Wildman–Crippen MR) is 103 cm³/mol. The molecular weight excluding hydrogens is 338 g/mol. The first kappa shape index (κ1) is 17.5. The summed E-state index contributed by atoms with van der Waals surface area (Å²) in [7, 11) is 0. The number of nitrogens with zero attached hydrogens (tertiary/aromatic N) is 3. The van der Waals surface area contributed by atoms with Crippen LogP contribution in [-0.2, 0) is 11.3 Å². The molecule has 1 amide bonds. The Labute approximate surface area is 159 Å². The van der Waals surface area contributed by atoms with Gasteiger partial charge in [-0.1, -0.05) is 58.7 Å². The first-order chi connectivity index (χ1) is 13.0. The van der Waals surface area contributed by atoms with E-state index in [-0.39, 0.29) is 11.8 Å². The highest BCUT2D eigenvalue weighted by Crippen LogP contribution is 2.30. The molecule has 0 N–H and O–H groups in total. The fraction of sp³-hybridized carbons (Fsp3) is 0.318. The molecule has 0 bridgehead atoms. The molecule has 5 nitrogen and oxygen atoms in total. The maximum Gasteiger partial charge on any atom is 0.232 e. The molecular formula is C22H23N3O2. The Kier molecular flexibility index (Phi) is 4.52. The Bertz CT molecular complexity index is 975. The number of aryl methyl sites for hydroxylation is 3. The average molecular weight is 361 g/mol. The molecule has 1 aliphatic heterocycles. The Morgan fingerprint density at radius 3 is 2.56 bits per heavy atom. The van der Waals surface area contributed by atoms with Crippen molar-refractivity contribution in [3.05, 3.63) is 70.6 Å². The number of hydrogen-bond donors (Lipinski definition) is 0. The van der Waals surface area contributed by atoms with Gasteiger partial charge in [-0.15, -0.1) is 0 Å². The summed E-state index contributed by atoms with van der Waals surface area (Å²) in [5.74, 6) is 1.22. The maximum absolute atomic E-state index is 12.4. The second-order valence-corrected chi connectivity index (χ2v) is 7.44. The molecule has 27 heavy (non-hydrogen) atoms. The minimum Gasteiger partial charge on any atom is -0.339 e. The Morgan fingerprint density at radius 2 is 1.81 bits per heavy atom. The van der Waals surface area contributed by atoms with Crippen molar-refractivity contribution >= 4 is 5.91 Å². The molecule has 5 heteroatoms. The van der Waals surface area contributed by atoms with Crippen LogP contribution in [0.3, 0.4) is 0 Å². The third-order valence-corrected chi connectivity index (χ3v) is 5.12. The van der Waals surface area contributed by atoms with E-state index in [1.165, 1.54) is 11.1 Å². The second kappa shape index (κ2) is 6.99. The van der Waals surface area contributed by atoms with Crippen molar-refractivity contribution in [1.82, 2.24) is 15.0 Å². The first-order valence-corrected chi connectivity index (χ1v) is 9.24. The van der Waals surface area contributed by atoms with E-state index in [2.05, 4.69) is 54.3 Å². The van der Waals surface area contributed by atoms with E-state index in [1.54, 1.807) is 0 Å². The minimum atomic E-state index is -0.0463. The smallest absolute Gasteiger partial charge is 0.232 e.